The first-order valence-electron chi connectivity index (χ1n) is 8.42. The molecule has 0 amide bonds. The number of halogens is 1. The Hall–Kier alpha value is -0.0900. The maximum atomic E-state index is 12.1. The molecule has 0 aromatic heterocycles. The third-order valence-electron chi connectivity index (χ3n) is 3.11. The lowest BCUT2D eigenvalue weighted by atomic mass is 10.2. The van der Waals surface area contributed by atoms with Crippen molar-refractivity contribution in [2.45, 2.75) is 52.7 Å². The number of sulfone groups is 1. The fraction of sp³-hybridized carbons (Fsp3) is 0.938. The Bertz CT molecular complexity index is 446. The number of nitrogens with zero attached hydrogens (tertiary/aromatic N) is 1. The summed E-state index contributed by atoms with van der Waals surface area (Å²) < 4.78 is 28.9. The van der Waals surface area contributed by atoms with Crippen LogP contribution in [0.5, 0.6) is 0 Å². The van der Waals surface area contributed by atoms with Gasteiger partial charge in [-0.3, -0.25) is 4.99 Å². The largest absolute Gasteiger partial charge is 0.381 e. The maximum Gasteiger partial charge on any atom is 0.191 e. The van der Waals surface area contributed by atoms with Crippen molar-refractivity contribution in [3.8, 4) is 0 Å². The van der Waals surface area contributed by atoms with Crippen LogP contribution in [-0.4, -0.2) is 57.7 Å². The van der Waals surface area contributed by atoms with Gasteiger partial charge in [0.1, 0.15) is 0 Å². The van der Waals surface area contributed by atoms with Gasteiger partial charge in [0.05, 0.1) is 10.5 Å². The molecule has 0 radical (unpaired) electrons. The van der Waals surface area contributed by atoms with Crippen LogP contribution in [-0.2, 0) is 14.6 Å². The van der Waals surface area contributed by atoms with E-state index in [2.05, 4.69) is 29.5 Å². The molecule has 24 heavy (non-hydrogen) atoms. The van der Waals surface area contributed by atoms with Crippen LogP contribution in [0.2, 0.25) is 0 Å². The van der Waals surface area contributed by atoms with Gasteiger partial charge in [0.2, 0.25) is 0 Å². The summed E-state index contributed by atoms with van der Waals surface area (Å²) in [7, 11) is -3.11. The second-order valence-electron chi connectivity index (χ2n) is 6.94. The van der Waals surface area contributed by atoms with Crippen LogP contribution in [0.25, 0.3) is 0 Å². The van der Waals surface area contributed by atoms with Crippen molar-refractivity contribution in [2.75, 3.05) is 38.6 Å². The van der Waals surface area contributed by atoms with E-state index in [1.165, 1.54) is 0 Å². The zero-order valence-electron chi connectivity index (χ0n) is 16.0. The second kappa shape index (κ2) is 13.2. The number of nitrogens with one attached hydrogen (secondary N) is 2. The quantitative estimate of drug-likeness (QED) is 0.219. The molecule has 0 saturated carbocycles. The minimum absolute atomic E-state index is 0. The Morgan fingerprint density at radius 2 is 1.83 bits per heavy atom. The highest BCUT2D eigenvalue weighted by molar-refractivity contribution is 14.0. The summed E-state index contributed by atoms with van der Waals surface area (Å²) >= 11 is 0. The van der Waals surface area contributed by atoms with Crippen LogP contribution in [0.4, 0.5) is 0 Å². The number of guanidine groups is 1. The van der Waals surface area contributed by atoms with Crippen LogP contribution in [0.1, 0.15) is 48.0 Å². The smallest absolute Gasteiger partial charge is 0.191 e. The number of ether oxygens (including phenoxy) is 1. The van der Waals surface area contributed by atoms with Crippen molar-refractivity contribution in [1.29, 1.82) is 0 Å². The van der Waals surface area contributed by atoms with E-state index in [0.29, 0.717) is 31.6 Å². The van der Waals surface area contributed by atoms with E-state index in [-0.39, 0.29) is 29.7 Å². The summed E-state index contributed by atoms with van der Waals surface area (Å²) in [4.78, 5) is 4.43. The number of hydrogen-bond donors (Lipinski definition) is 2. The van der Waals surface area contributed by atoms with Crippen LogP contribution in [0.3, 0.4) is 0 Å². The van der Waals surface area contributed by atoms with Crippen LogP contribution in [0.15, 0.2) is 4.99 Å². The number of aliphatic imine (C=N–C) groups is 1. The summed E-state index contributed by atoms with van der Waals surface area (Å²) in [6, 6.07) is 0. The Labute approximate surface area is 165 Å². The lowest BCUT2D eigenvalue weighted by molar-refractivity contribution is 0.109. The molecule has 0 bridgehead atoms. The van der Waals surface area contributed by atoms with E-state index in [4.69, 9.17) is 4.74 Å². The summed E-state index contributed by atoms with van der Waals surface area (Å²) in [5, 5.41) is 6.20. The van der Waals surface area contributed by atoms with E-state index in [0.717, 1.165) is 19.6 Å². The fourth-order valence-corrected chi connectivity index (χ4v) is 2.61. The standard InChI is InChI=1S/C16H35N3O3S.HI/c1-7-17-15(18-9-8-11-22-13-14(2)3)19-10-12-23(20,21)16(4,5)6;/h14H,7-13H2,1-6H3,(H2,17,18,19);1H. The van der Waals surface area contributed by atoms with E-state index >= 15 is 0 Å². The predicted molar refractivity (Wildman–Crippen MR) is 113 cm³/mol. The van der Waals surface area contributed by atoms with Crippen molar-refractivity contribution in [1.82, 2.24) is 10.6 Å². The molecule has 2 N–H and O–H groups in total. The van der Waals surface area contributed by atoms with E-state index in [1.54, 1.807) is 20.8 Å². The Balaban J connectivity index is 0. The minimum atomic E-state index is -3.11. The van der Waals surface area contributed by atoms with Gasteiger partial charge in [0.25, 0.3) is 0 Å². The Kier molecular flexibility index (Phi) is 14.3. The van der Waals surface area contributed by atoms with Gasteiger partial charge in [-0.2, -0.15) is 0 Å². The van der Waals surface area contributed by atoms with Gasteiger partial charge in [-0.25, -0.2) is 8.42 Å². The van der Waals surface area contributed by atoms with Gasteiger partial charge in [-0.05, 0) is 40.0 Å². The van der Waals surface area contributed by atoms with Crippen molar-refractivity contribution in [2.24, 2.45) is 10.9 Å². The Morgan fingerprint density at radius 3 is 2.33 bits per heavy atom. The molecule has 0 rings (SSSR count). The van der Waals surface area contributed by atoms with Crippen molar-refractivity contribution < 1.29 is 13.2 Å². The molecule has 0 saturated heterocycles. The summed E-state index contributed by atoms with van der Waals surface area (Å²) in [6.45, 7) is 14.6. The molecule has 0 aromatic carbocycles. The van der Waals surface area contributed by atoms with Gasteiger partial charge < -0.3 is 15.4 Å². The van der Waals surface area contributed by atoms with Crippen LogP contribution in [0, 0.1) is 5.92 Å². The third-order valence-corrected chi connectivity index (χ3v) is 5.72. The first-order chi connectivity index (χ1) is 10.6. The summed E-state index contributed by atoms with van der Waals surface area (Å²) in [5.41, 5.74) is 0. The average Bonchev–Trinajstić information content (AvgIpc) is 2.40. The normalized spacial score (nSPS) is 12.9. The number of hydrogen-bond acceptors (Lipinski definition) is 4. The van der Waals surface area contributed by atoms with Gasteiger partial charge >= 0.3 is 0 Å². The summed E-state index contributed by atoms with van der Waals surface area (Å²) in [6.07, 6.45) is 0.851. The first kappa shape index (κ1) is 26.1. The Morgan fingerprint density at radius 1 is 1.21 bits per heavy atom. The van der Waals surface area contributed by atoms with E-state index < -0.39 is 14.6 Å². The van der Waals surface area contributed by atoms with Gasteiger partial charge in [0, 0.05) is 32.8 Å². The topological polar surface area (TPSA) is 79.8 Å². The molecular weight excluding hydrogens is 441 g/mol. The zero-order valence-corrected chi connectivity index (χ0v) is 19.2. The molecule has 0 aliphatic carbocycles. The van der Waals surface area contributed by atoms with Gasteiger partial charge in [-0.15, -0.1) is 24.0 Å². The SMILES string of the molecule is CCNC(=NCCCOCC(C)C)NCCS(=O)(=O)C(C)(C)C.I. The highest BCUT2D eigenvalue weighted by atomic mass is 127. The highest BCUT2D eigenvalue weighted by Gasteiger charge is 2.28. The molecule has 0 aromatic rings. The second-order valence-corrected chi connectivity index (χ2v) is 9.80. The molecule has 0 aliphatic rings. The highest BCUT2D eigenvalue weighted by Crippen LogP contribution is 2.15. The maximum absolute atomic E-state index is 12.1. The van der Waals surface area contributed by atoms with Crippen LogP contribution >= 0.6 is 24.0 Å². The van der Waals surface area contributed by atoms with Crippen molar-refractivity contribution >= 4 is 39.8 Å². The lowest BCUT2D eigenvalue weighted by Gasteiger charge is -2.19. The molecule has 0 spiro atoms. The van der Waals surface area contributed by atoms with Crippen molar-refractivity contribution in [3.05, 3.63) is 0 Å². The molecule has 0 unspecified atom stereocenters. The fourth-order valence-electron chi connectivity index (χ4n) is 1.63. The first-order valence-corrected chi connectivity index (χ1v) is 10.1. The van der Waals surface area contributed by atoms with Gasteiger partial charge in [-0.1, -0.05) is 13.8 Å². The third kappa shape index (κ3) is 12.3. The molecule has 8 heteroatoms. The van der Waals surface area contributed by atoms with Gasteiger partial charge in [0.15, 0.2) is 15.8 Å². The number of rotatable bonds is 10. The average molecular weight is 477 g/mol. The molecule has 0 fully saturated rings. The molecule has 6 nitrogen and oxygen atoms in total. The van der Waals surface area contributed by atoms with Crippen molar-refractivity contribution in [3.63, 3.8) is 0 Å². The predicted octanol–water partition coefficient (Wildman–Crippen LogP) is 2.44. The zero-order chi connectivity index (χ0) is 17.9. The van der Waals surface area contributed by atoms with E-state index in [1.807, 2.05) is 6.92 Å². The minimum Gasteiger partial charge on any atom is -0.381 e. The molecule has 0 aliphatic heterocycles. The molecule has 0 atom stereocenters. The summed E-state index contributed by atoms with van der Waals surface area (Å²) in [5.74, 6) is 1.29. The molecule has 0 heterocycles. The monoisotopic (exact) mass is 477 g/mol. The molecule has 146 valence electrons. The lowest BCUT2D eigenvalue weighted by Crippen LogP contribution is -2.41. The van der Waals surface area contributed by atoms with Crippen LogP contribution < -0.4 is 10.6 Å². The van der Waals surface area contributed by atoms with E-state index in [9.17, 15) is 8.42 Å². The molecular formula is C16H36IN3O3S.